The molecule has 0 aromatic carbocycles. The summed E-state index contributed by atoms with van der Waals surface area (Å²) < 4.78 is 0. The molecule has 2 heterocycles. The maximum atomic E-state index is 11.7. The zero-order valence-corrected chi connectivity index (χ0v) is 8.54. The van der Waals surface area contributed by atoms with E-state index in [1.165, 1.54) is 12.4 Å². The molecule has 0 atom stereocenters. The SMILES string of the molecule is O=C(Nc1[nH]ncc1C(=O)O)c1cccnc1. The van der Waals surface area contributed by atoms with E-state index in [-0.39, 0.29) is 11.4 Å². The Hall–Kier alpha value is -2.70. The molecule has 0 aliphatic rings. The molecule has 0 aliphatic heterocycles. The van der Waals surface area contributed by atoms with Gasteiger partial charge in [0.1, 0.15) is 11.4 Å². The number of aromatic amines is 1. The molecule has 7 heteroatoms. The van der Waals surface area contributed by atoms with Gasteiger partial charge in [-0.15, -0.1) is 0 Å². The number of aromatic nitrogens is 3. The summed E-state index contributed by atoms with van der Waals surface area (Å²) >= 11 is 0. The Kier molecular flexibility index (Phi) is 2.82. The van der Waals surface area contributed by atoms with Crippen LogP contribution in [-0.4, -0.2) is 32.2 Å². The lowest BCUT2D eigenvalue weighted by molar-refractivity contribution is 0.0698. The molecule has 17 heavy (non-hydrogen) atoms. The predicted molar refractivity (Wildman–Crippen MR) is 57.7 cm³/mol. The van der Waals surface area contributed by atoms with Crippen molar-refractivity contribution >= 4 is 17.7 Å². The molecule has 0 aliphatic carbocycles. The number of aromatic carboxylic acids is 1. The second-order valence-electron chi connectivity index (χ2n) is 3.16. The van der Waals surface area contributed by atoms with Crippen molar-refractivity contribution in [3.63, 3.8) is 0 Å². The van der Waals surface area contributed by atoms with Crippen LogP contribution in [0.4, 0.5) is 5.82 Å². The van der Waals surface area contributed by atoms with Crippen molar-refractivity contribution in [2.75, 3.05) is 5.32 Å². The fourth-order valence-corrected chi connectivity index (χ4v) is 1.23. The van der Waals surface area contributed by atoms with E-state index in [0.717, 1.165) is 6.20 Å². The molecule has 0 bridgehead atoms. The smallest absolute Gasteiger partial charge is 0.341 e. The van der Waals surface area contributed by atoms with Crippen LogP contribution in [0.25, 0.3) is 0 Å². The number of nitrogens with zero attached hydrogens (tertiary/aromatic N) is 2. The predicted octanol–water partition coefficient (Wildman–Crippen LogP) is 0.755. The molecule has 2 aromatic heterocycles. The van der Waals surface area contributed by atoms with Gasteiger partial charge in [-0.3, -0.25) is 14.9 Å². The first-order valence-corrected chi connectivity index (χ1v) is 4.66. The van der Waals surface area contributed by atoms with Gasteiger partial charge in [0.2, 0.25) is 0 Å². The van der Waals surface area contributed by atoms with E-state index in [9.17, 15) is 9.59 Å². The van der Waals surface area contributed by atoms with Gasteiger partial charge in [-0.1, -0.05) is 0 Å². The molecule has 0 fully saturated rings. The first-order chi connectivity index (χ1) is 8.18. The Morgan fingerprint density at radius 3 is 2.82 bits per heavy atom. The van der Waals surface area contributed by atoms with Crippen LogP contribution in [-0.2, 0) is 0 Å². The van der Waals surface area contributed by atoms with Gasteiger partial charge < -0.3 is 10.4 Å². The quantitative estimate of drug-likeness (QED) is 0.723. The number of hydrogen-bond acceptors (Lipinski definition) is 4. The summed E-state index contributed by atoms with van der Waals surface area (Å²) in [5.41, 5.74) is 0.237. The lowest BCUT2D eigenvalue weighted by Gasteiger charge is -2.02. The molecule has 86 valence electrons. The van der Waals surface area contributed by atoms with E-state index in [1.807, 2.05) is 0 Å². The topological polar surface area (TPSA) is 108 Å². The first-order valence-electron chi connectivity index (χ1n) is 4.66. The molecule has 0 radical (unpaired) electrons. The van der Waals surface area contributed by atoms with Crippen molar-refractivity contribution in [2.45, 2.75) is 0 Å². The Morgan fingerprint density at radius 1 is 1.35 bits per heavy atom. The first kappa shape index (κ1) is 10.8. The molecule has 0 unspecified atom stereocenters. The summed E-state index contributed by atoms with van der Waals surface area (Å²) in [6, 6.07) is 3.18. The fraction of sp³-hybridized carbons (Fsp3) is 0. The van der Waals surface area contributed by atoms with E-state index in [0.29, 0.717) is 5.56 Å². The fourth-order valence-electron chi connectivity index (χ4n) is 1.23. The number of rotatable bonds is 3. The molecule has 0 spiro atoms. The van der Waals surface area contributed by atoms with Crippen LogP contribution >= 0.6 is 0 Å². The molecule has 0 saturated carbocycles. The molecule has 1 amide bonds. The van der Waals surface area contributed by atoms with Gasteiger partial charge >= 0.3 is 5.97 Å². The Morgan fingerprint density at radius 2 is 2.18 bits per heavy atom. The molecular formula is C10H8N4O3. The summed E-state index contributed by atoms with van der Waals surface area (Å²) in [4.78, 5) is 26.3. The van der Waals surface area contributed by atoms with Crippen LogP contribution in [0.3, 0.4) is 0 Å². The molecule has 0 saturated heterocycles. The summed E-state index contributed by atoms with van der Waals surface area (Å²) in [6.07, 6.45) is 4.04. The average Bonchev–Trinajstić information content (AvgIpc) is 2.78. The number of pyridine rings is 1. The van der Waals surface area contributed by atoms with Crippen molar-refractivity contribution in [1.82, 2.24) is 15.2 Å². The van der Waals surface area contributed by atoms with E-state index in [2.05, 4.69) is 20.5 Å². The maximum Gasteiger partial charge on any atom is 0.341 e. The number of H-pyrrole nitrogens is 1. The number of carboxylic acid groups (broad SMARTS) is 1. The number of nitrogens with one attached hydrogen (secondary N) is 2. The summed E-state index contributed by atoms with van der Waals surface area (Å²) in [5.74, 6) is -1.57. The third-order valence-electron chi connectivity index (χ3n) is 2.03. The van der Waals surface area contributed by atoms with Crippen molar-refractivity contribution in [2.24, 2.45) is 0 Å². The van der Waals surface area contributed by atoms with Crippen LogP contribution in [0.5, 0.6) is 0 Å². The maximum absolute atomic E-state index is 11.7. The third-order valence-corrected chi connectivity index (χ3v) is 2.03. The Labute approximate surface area is 95.5 Å². The number of amides is 1. The number of carbonyl (C=O) groups is 2. The highest BCUT2D eigenvalue weighted by Gasteiger charge is 2.15. The van der Waals surface area contributed by atoms with E-state index >= 15 is 0 Å². The average molecular weight is 232 g/mol. The lowest BCUT2D eigenvalue weighted by atomic mass is 10.2. The highest BCUT2D eigenvalue weighted by Crippen LogP contribution is 2.11. The Bertz CT molecular complexity index is 550. The van der Waals surface area contributed by atoms with Crippen LogP contribution in [0.1, 0.15) is 20.7 Å². The molecular weight excluding hydrogens is 224 g/mol. The van der Waals surface area contributed by atoms with Crippen molar-refractivity contribution in [1.29, 1.82) is 0 Å². The van der Waals surface area contributed by atoms with Gasteiger partial charge in [-0.25, -0.2) is 4.79 Å². The number of hydrogen-bond donors (Lipinski definition) is 3. The zero-order valence-electron chi connectivity index (χ0n) is 8.54. The second-order valence-corrected chi connectivity index (χ2v) is 3.16. The number of carboxylic acids is 1. The normalized spacial score (nSPS) is 9.88. The largest absolute Gasteiger partial charge is 0.477 e. The summed E-state index contributed by atoms with van der Waals surface area (Å²) in [7, 11) is 0. The van der Waals surface area contributed by atoms with E-state index in [4.69, 9.17) is 5.11 Å². The van der Waals surface area contributed by atoms with Gasteiger partial charge in [0.15, 0.2) is 0 Å². The third kappa shape index (κ3) is 2.28. The minimum absolute atomic E-state index is 0.0475. The Balaban J connectivity index is 2.19. The monoisotopic (exact) mass is 232 g/mol. The van der Waals surface area contributed by atoms with Crippen molar-refractivity contribution < 1.29 is 14.7 Å². The van der Waals surface area contributed by atoms with Crippen LogP contribution in [0.15, 0.2) is 30.7 Å². The summed E-state index contributed by atoms with van der Waals surface area (Å²) in [6.45, 7) is 0. The summed E-state index contributed by atoms with van der Waals surface area (Å²) in [5, 5.41) is 17.2. The molecule has 2 rings (SSSR count). The van der Waals surface area contributed by atoms with Crippen molar-refractivity contribution in [3.8, 4) is 0 Å². The highest BCUT2D eigenvalue weighted by molar-refractivity contribution is 6.06. The van der Waals surface area contributed by atoms with E-state index < -0.39 is 11.9 Å². The van der Waals surface area contributed by atoms with Gasteiger partial charge in [0.05, 0.1) is 11.8 Å². The van der Waals surface area contributed by atoms with Crippen LogP contribution < -0.4 is 5.32 Å². The number of carbonyl (C=O) groups excluding carboxylic acids is 1. The second kappa shape index (κ2) is 4.44. The molecule has 3 N–H and O–H groups in total. The minimum atomic E-state index is -1.17. The van der Waals surface area contributed by atoms with Gasteiger partial charge in [-0.2, -0.15) is 5.10 Å². The van der Waals surface area contributed by atoms with Gasteiger partial charge in [0.25, 0.3) is 5.91 Å². The lowest BCUT2D eigenvalue weighted by Crippen LogP contribution is -2.14. The number of anilines is 1. The van der Waals surface area contributed by atoms with Crippen molar-refractivity contribution in [3.05, 3.63) is 41.9 Å². The van der Waals surface area contributed by atoms with Crippen LogP contribution in [0, 0.1) is 0 Å². The van der Waals surface area contributed by atoms with Gasteiger partial charge in [0, 0.05) is 12.4 Å². The van der Waals surface area contributed by atoms with Crippen LogP contribution in [0.2, 0.25) is 0 Å². The zero-order chi connectivity index (χ0) is 12.3. The molecule has 2 aromatic rings. The van der Waals surface area contributed by atoms with E-state index in [1.54, 1.807) is 12.1 Å². The minimum Gasteiger partial charge on any atom is -0.477 e. The molecule has 7 nitrogen and oxygen atoms in total. The highest BCUT2D eigenvalue weighted by atomic mass is 16.4. The standard InChI is InChI=1S/C10H8N4O3/c15-9(6-2-1-3-11-4-6)13-8-7(10(16)17)5-12-14-8/h1-5H,(H,16,17)(H2,12,13,14,15). The van der Waals surface area contributed by atoms with Gasteiger partial charge in [-0.05, 0) is 12.1 Å².